The Bertz CT molecular complexity index is 977. The van der Waals surface area contributed by atoms with Crippen molar-refractivity contribution in [2.75, 3.05) is 20.1 Å². The van der Waals surface area contributed by atoms with Crippen LogP contribution in [0.4, 0.5) is 26.3 Å². The van der Waals surface area contributed by atoms with Gasteiger partial charge >= 0.3 is 12.4 Å². The van der Waals surface area contributed by atoms with Gasteiger partial charge in [0.15, 0.2) is 0 Å². The number of piperidine rings is 1. The van der Waals surface area contributed by atoms with Crippen LogP contribution >= 0.6 is 23.2 Å². The number of alkyl halides is 6. The summed E-state index contributed by atoms with van der Waals surface area (Å²) in [5.74, 6) is -1.22. The van der Waals surface area contributed by atoms with Gasteiger partial charge in [-0.1, -0.05) is 29.3 Å². The second kappa shape index (κ2) is 9.11. The molecular weight excluding hydrogens is 481 g/mol. The molecule has 0 bridgehead atoms. The predicted octanol–water partition coefficient (Wildman–Crippen LogP) is 6.25. The molecule has 174 valence electrons. The zero-order chi connectivity index (χ0) is 23.8. The van der Waals surface area contributed by atoms with Crippen LogP contribution in [0.15, 0.2) is 36.4 Å². The Morgan fingerprint density at radius 3 is 2.09 bits per heavy atom. The van der Waals surface area contributed by atoms with Crippen molar-refractivity contribution < 1.29 is 31.1 Å². The lowest BCUT2D eigenvalue weighted by molar-refractivity contribution is -0.143. The normalized spacial score (nSPS) is 19.7. The van der Waals surface area contributed by atoms with E-state index >= 15 is 0 Å². The molecule has 0 radical (unpaired) electrons. The molecule has 2 atom stereocenters. The molecule has 0 aromatic heterocycles. The fourth-order valence-corrected chi connectivity index (χ4v) is 4.13. The summed E-state index contributed by atoms with van der Waals surface area (Å²) in [6.45, 7) is 0.965. The molecular formula is C21H18Cl2F6N2O. The van der Waals surface area contributed by atoms with Crippen LogP contribution in [0.5, 0.6) is 0 Å². The van der Waals surface area contributed by atoms with E-state index in [9.17, 15) is 31.1 Å². The van der Waals surface area contributed by atoms with Gasteiger partial charge in [-0.3, -0.25) is 4.79 Å². The molecule has 0 spiro atoms. The number of carbonyl (C=O) groups excluding carboxylic acids is 1. The Labute approximate surface area is 190 Å². The van der Waals surface area contributed by atoms with Crippen molar-refractivity contribution in [2.24, 2.45) is 0 Å². The van der Waals surface area contributed by atoms with E-state index in [-0.39, 0.29) is 12.0 Å². The molecule has 1 heterocycles. The van der Waals surface area contributed by atoms with Crippen LogP contribution in [0.1, 0.15) is 39.4 Å². The third-order valence-corrected chi connectivity index (χ3v) is 6.21. The number of nitrogens with one attached hydrogen (secondary N) is 1. The number of amides is 1. The van der Waals surface area contributed by atoms with Gasteiger partial charge in [0.1, 0.15) is 0 Å². The van der Waals surface area contributed by atoms with Gasteiger partial charge < -0.3 is 10.2 Å². The molecule has 1 aliphatic heterocycles. The summed E-state index contributed by atoms with van der Waals surface area (Å²) in [5, 5.41) is 3.82. The minimum Gasteiger partial charge on any atom is -0.338 e. The Hall–Kier alpha value is -1.97. The Morgan fingerprint density at radius 1 is 0.969 bits per heavy atom. The Kier molecular flexibility index (Phi) is 7.02. The summed E-state index contributed by atoms with van der Waals surface area (Å²) in [4.78, 5) is 14.2. The fraction of sp³-hybridized carbons (Fsp3) is 0.381. The number of hydrogen-bond acceptors (Lipinski definition) is 2. The standard InChI is InChI=1S/C21H18Cl2F6N2O/c1-31(18-4-5-30-10-15(18)11-2-3-16(22)17(23)8-11)19(32)12-6-13(20(24,25)26)9-14(7-12)21(27,28)29/h2-3,6-9,15,18,30H,4-5,10H2,1H3. The smallest absolute Gasteiger partial charge is 0.338 e. The van der Waals surface area contributed by atoms with E-state index in [1.165, 1.54) is 11.9 Å². The molecule has 3 rings (SSSR count). The summed E-state index contributed by atoms with van der Waals surface area (Å²) in [6.07, 6.45) is -9.63. The molecule has 2 aromatic carbocycles. The van der Waals surface area contributed by atoms with Gasteiger partial charge in [0.25, 0.3) is 5.91 Å². The van der Waals surface area contributed by atoms with E-state index in [0.29, 0.717) is 41.7 Å². The Balaban J connectivity index is 1.97. The van der Waals surface area contributed by atoms with Gasteiger partial charge in [-0.2, -0.15) is 26.3 Å². The molecule has 1 amide bonds. The highest BCUT2D eigenvalue weighted by Crippen LogP contribution is 2.37. The van der Waals surface area contributed by atoms with Crippen molar-refractivity contribution in [2.45, 2.75) is 30.7 Å². The highest BCUT2D eigenvalue weighted by Gasteiger charge is 2.39. The average molecular weight is 499 g/mol. The fourth-order valence-electron chi connectivity index (χ4n) is 3.82. The highest BCUT2D eigenvalue weighted by atomic mass is 35.5. The molecule has 1 fully saturated rings. The van der Waals surface area contributed by atoms with Crippen LogP contribution in [-0.2, 0) is 12.4 Å². The third-order valence-electron chi connectivity index (χ3n) is 5.47. The van der Waals surface area contributed by atoms with Crippen LogP contribution in [-0.4, -0.2) is 37.0 Å². The van der Waals surface area contributed by atoms with Crippen molar-refractivity contribution in [1.29, 1.82) is 0 Å². The number of rotatable bonds is 3. The quantitative estimate of drug-likeness (QED) is 0.507. The molecule has 2 aromatic rings. The van der Waals surface area contributed by atoms with E-state index in [0.717, 1.165) is 5.56 Å². The van der Waals surface area contributed by atoms with Crippen LogP contribution < -0.4 is 5.32 Å². The molecule has 1 N–H and O–H groups in total. The van der Waals surface area contributed by atoms with E-state index < -0.39 is 41.0 Å². The highest BCUT2D eigenvalue weighted by molar-refractivity contribution is 6.42. The minimum absolute atomic E-state index is 0.000176. The zero-order valence-corrected chi connectivity index (χ0v) is 18.1. The second-order valence-electron chi connectivity index (χ2n) is 7.55. The predicted molar refractivity (Wildman–Crippen MR) is 109 cm³/mol. The summed E-state index contributed by atoms with van der Waals surface area (Å²) in [6, 6.07) is 5.37. The van der Waals surface area contributed by atoms with Crippen LogP contribution in [0.3, 0.4) is 0 Å². The number of hydrogen-bond donors (Lipinski definition) is 1. The molecule has 11 heteroatoms. The molecule has 2 unspecified atom stereocenters. The topological polar surface area (TPSA) is 32.3 Å². The van der Waals surface area contributed by atoms with Crippen molar-refractivity contribution in [3.8, 4) is 0 Å². The largest absolute Gasteiger partial charge is 0.416 e. The average Bonchev–Trinajstić information content (AvgIpc) is 2.73. The van der Waals surface area contributed by atoms with Gasteiger partial charge in [-0.15, -0.1) is 0 Å². The molecule has 3 nitrogen and oxygen atoms in total. The van der Waals surface area contributed by atoms with Gasteiger partial charge in [0.2, 0.25) is 0 Å². The van der Waals surface area contributed by atoms with Crippen molar-refractivity contribution in [3.05, 3.63) is 68.7 Å². The molecule has 0 aliphatic carbocycles. The molecule has 1 aliphatic rings. The number of likely N-dealkylation sites (N-methyl/N-ethyl adjacent to an activating group) is 1. The van der Waals surface area contributed by atoms with Crippen molar-refractivity contribution in [3.63, 3.8) is 0 Å². The third kappa shape index (κ3) is 5.32. The lowest BCUT2D eigenvalue weighted by atomic mass is 9.85. The number of benzene rings is 2. The lowest BCUT2D eigenvalue weighted by Gasteiger charge is -2.39. The van der Waals surface area contributed by atoms with E-state index in [1.54, 1.807) is 18.2 Å². The van der Waals surface area contributed by atoms with Crippen LogP contribution in [0, 0.1) is 0 Å². The monoisotopic (exact) mass is 498 g/mol. The van der Waals surface area contributed by atoms with Gasteiger partial charge in [-0.05, 0) is 48.9 Å². The minimum atomic E-state index is -5.04. The summed E-state index contributed by atoms with van der Waals surface area (Å²) in [5.41, 5.74) is -3.00. The van der Waals surface area contributed by atoms with Gasteiger partial charge in [0, 0.05) is 31.1 Å². The van der Waals surface area contributed by atoms with Gasteiger partial charge in [0.05, 0.1) is 21.2 Å². The van der Waals surface area contributed by atoms with E-state index in [2.05, 4.69) is 5.32 Å². The summed E-state index contributed by atoms with van der Waals surface area (Å²) < 4.78 is 79.1. The first-order chi connectivity index (χ1) is 14.8. The number of halogens is 8. The first-order valence-electron chi connectivity index (χ1n) is 9.51. The second-order valence-corrected chi connectivity index (χ2v) is 8.37. The molecule has 32 heavy (non-hydrogen) atoms. The number of nitrogens with zero attached hydrogens (tertiary/aromatic N) is 1. The molecule has 0 saturated carbocycles. The van der Waals surface area contributed by atoms with E-state index in [1.807, 2.05) is 0 Å². The maximum Gasteiger partial charge on any atom is 0.416 e. The van der Waals surface area contributed by atoms with Crippen molar-refractivity contribution in [1.82, 2.24) is 10.2 Å². The van der Waals surface area contributed by atoms with Crippen molar-refractivity contribution >= 4 is 29.1 Å². The molecule has 1 saturated heterocycles. The summed E-state index contributed by atoms with van der Waals surface area (Å²) >= 11 is 12.0. The van der Waals surface area contributed by atoms with Crippen LogP contribution in [0.2, 0.25) is 10.0 Å². The zero-order valence-electron chi connectivity index (χ0n) is 16.6. The SMILES string of the molecule is CN(C(=O)c1cc(C(F)(F)F)cc(C(F)(F)F)c1)C1CCNCC1c1ccc(Cl)c(Cl)c1. The maximum absolute atomic E-state index is 13.2. The summed E-state index contributed by atoms with van der Waals surface area (Å²) in [7, 11) is 1.37. The van der Waals surface area contributed by atoms with Crippen LogP contribution in [0.25, 0.3) is 0 Å². The van der Waals surface area contributed by atoms with E-state index in [4.69, 9.17) is 23.2 Å². The van der Waals surface area contributed by atoms with Gasteiger partial charge in [-0.25, -0.2) is 0 Å². The number of carbonyl (C=O) groups is 1. The maximum atomic E-state index is 13.2. The first-order valence-corrected chi connectivity index (χ1v) is 10.3. The first kappa shape index (κ1) is 24.7. The lowest BCUT2D eigenvalue weighted by Crippen LogP contribution is -2.49. The Morgan fingerprint density at radius 2 is 1.56 bits per heavy atom.